The summed E-state index contributed by atoms with van der Waals surface area (Å²) in [5, 5.41) is 0. The maximum absolute atomic E-state index is 14.1. The molecule has 0 aromatic heterocycles. The molecule has 0 aromatic rings. The van der Waals surface area contributed by atoms with Crippen LogP contribution in [0.15, 0.2) is 107 Å². The minimum absolute atomic E-state index is 0.0391. The molecule has 6 rings (SSSR count). The van der Waals surface area contributed by atoms with E-state index in [1.54, 1.807) is 22.8 Å². The summed E-state index contributed by atoms with van der Waals surface area (Å²) in [4.78, 5) is 5.01. The van der Waals surface area contributed by atoms with Gasteiger partial charge in [-0.3, -0.25) is 4.90 Å². The topological polar surface area (TPSA) is 6.48 Å². The second-order valence-corrected chi connectivity index (χ2v) is 13.4. The fourth-order valence-electron chi connectivity index (χ4n) is 7.65. The number of fused-ring (bicyclic) bond motifs is 1. The molecule has 1 aliphatic heterocycles. The molecule has 5 atom stereocenters. The number of rotatable bonds is 10. The SMILES string of the molecule is C=C(C1CC=C(CC2CC2CC2=CC=CC3=CC=CCC32)C=C1CCC)N1CCN(CC2=CCC(C)C(F)=C2)CC1. The van der Waals surface area contributed by atoms with Crippen LogP contribution in [0.5, 0.6) is 0 Å². The van der Waals surface area contributed by atoms with Gasteiger partial charge in [0.25, 0.3) is 0 Å². The van der Waals surface area contributed by atoms with Gasteiger partial charge in [0.1, 0.15) is 5.83 Å². The van der Waals surface area contributed by atoms with E-state index in [0.29, 0.717) is 11.8 Å². The van der Waals surface area contributed by atoms with E-state index in [9.17, 15) is 4.39 Å². The molecule has 1 saturated carbocycles. The molecule has 41 heavy (non-hydrogen) atoms. The van der Waals surface area contributed by atoms with Crippen molar-refractivity contribution in [2.24, 2.45) is 29.6 Å². The van der Waals surface area contributed by atoms with Crippen LogP contribution in [0.3, 0.4) is 0 Å². The van der Waals surface area contributed by atoms with Crippen LogP contribution < -0.4 is 0 Å². The van der Waals surface area contributed by atoms with Crippen LogP contribution in [0, 0.1) is 29.6 Å². The molecule has 2 nitrogen and oxygen atoms in total. The normalized spacial score (nSPS) is 31.4. The summed E-state index contributed by atoms with van der Waals surface area (Å²) in [7, 11) is 0. The quantitative estimate of drug-likeness (QED) is 0.267. The summed E-state index contributed by atoms with van der Waals surface area (Å²) in [5.41, 5.74) is 8.78. The van der Waals surface area contributed by atoms with Crippen molar-refractivity contribution in [3.63, 3.8) is 0 Å². The molecule has 5 aliphatic carbocycles. The Kier molecular flexibility index (Phi) is 8.81. The Labute approximate surface area is 248 Å². The summed E-state index contributed by atoms with van der Waals surface area (Å²) >= 11 is 0. The highest BCUT2D eigenvalue weighted by atomic mass is 19.1. The highest BCUT2D eigenvalue weighted by Crippen LogP contribution is 2.50. The first kappa shape index (κ1) is 28.5. The number of hydrogen-bond donors (Lipinski definition) is 0. The predicted molar refractivity (Wildman–Crippen MR) is 171 cm³/mol. The molecule has 5 unspecified atom stereocenters. The van der Waals surface area contributed by atoms with E-state index >= 15 is 0 Å². The molecule has 0 aromatic carbocycles. The Morgan fingerprint density at radius 2 is 1.73 bits per heavy atom. The van der Waals surface area contributed by atoms with Crippen molar-refractivity contribution >= 4 is 0 Å². The second kappa shape index (κ2) is 12.7. The lowest BCUT2D eigenvalue weighted by Gasteiger charge is -2.40. The van der Waals surface area contributed by atoms with E-state index in [1.165, 1.54) is 49.8 Å². The number of hydrogen-bond acceptors (Lipinski definition) is 2. The third kappa shape index (κ3) is 6.72. The summed E-state index contributed by atoms with van der Waals surface area (Å²) in [6.07, 6.45) is 32.3. The summed E-state index contributed by atoms with van der Waals surface area (Å²) in [5.74, 6) is 2.85. The van der Waals surface area contributed by atoms with Gasteiger partial charge in [-0.15, -0.1) is 0 Å². The van der Waals surface area contributed by atoms with Crippen molar-refractivity contribution in [2.75, 3.05) is 32.7 Å². The van der Waals surface area contributed by atoms with Gasteiger partial charge in [0, 0.05) is 56.2 Å². The van der Waals surface area contributed by atoms with Gasteiger partial charge in [-0.2, -0.15) is 0 Å². The fourth-order valence-corrected chi connectivity index (χ4v) is 7.65. The molecule has 2 fully saturated rings. The Morgan fingerprint density at radius 1 is 0.927 bits per heavy atom. The Bertz CT molecular complexity index is 1260. The van der Waals surface area contributed by atoms with Crippen molar-refractivity contribution in [3.8, 4) is 0 Å². The second-order valence-electron chi connectivity index (χ2n) is 13.4. The van der Waals surface area contributed by atoms with Gasteiger partial charge in [-0.05, 0) is 74.0 Å². The maximum Gasteiger partial charge on any atom is 0.103 e. The zero-order valence-corrected chi connectivity index (χ0v) is 25.3. The molecule has 0 bridgehead atoms. The minimum Gasteiger partial charge on any atom is -0.372 e. The van der Waals surface area contributed by atoms with Crippen LogP contribution in [0.1, 0.15) is 65.2 Å². The minimum atomic E-state index is 0.0391. The lowest BCUT2D eigenvalue weighted by Crippen LogP contribution is -2.47. The van der Waals surface area contributed by atoms with Gasteiger partial charge in [-0.1, -0.05) is 98.3 Å². The zero-order chi connectivity index (χ0) is 28.3. The molecule has 6 aliphatic rings. The first-order valence-corrected chi connectivity index (χ1v) is 16.3. The molecular formula is C38H49FN2. The van der Waals surface area contributed by atoms with Crippen LogP contribution in [0.2, 0.25) is 0 Å². The molecular weight excluding hydrogens is 503 g/mol. The molecule has 0 amide bonds. The maximum atomic E-state index is 14.1. The van der Waals surface area contributed by atoms with Crippen molar-refractivity contribution in [3.05, 3.63) is 107 Å². The Hall–Kier alpha value is -2.65. The summed E-state index contributed by atoms with van der Waals surface area (Å²) in [6, 6.07) is 0. The van der Waals surface area contributed by atoms with Crippen LogP contribution in [-0.4, -0.2) is 42.5 Å². The van der Waals surface area contributed by atoms with Crippen molar-refractivity contribution < 1.29 is 4.39 Å². The summed E-state index contributed by atoms with van der Waals surface area (Å²) in [6.45, 7) is 13.9. The average molecular weight is 553 g/mol. The van der Waals surface area contributed by atoms with Gasteiger partial charge in [-0.25, -0.2) is 4.39 Å². The fraction of sp³-hybridized carbons (Fsp3) is 0.526. The van der Waals surface area contributed by atoms with Gasteiger partial charge < -0.3 is 4.90 Å². The molecule has 0 N–H and O–H groups in total. The smallest absolute Gasteiger partial charge is 0.103 e. The van der Waals surface area contributed by atoms with E-state index in [1.807, 2.05) is 6.92 Å². The van der Waals surface area contributed by atoms with Gasteiger partial charge in [0.2, 0.25) is 0 Å². The standard InChI is InChI=1S/C38H49FN2/c1-4-8-32-21-29(22-34-25-35(34)24-33-11-7-10-31-9-5-6-12-37(31)33)15-16-36(32)28(3)41-19-17-40(18-20-41)26-30-14-13-27(2)38(39)23-30/h5-7,9-11,14-15,21,23,27,34-37H,3-4,8,12-13,16-20,22,24-26H2,1-2H3. The number of nitrogens with zero attached hydrogens (tertiary/aromatic N) is 2. The van der Waals surface area contributed by atoms with Crippen LogP contribution in [-0.2, 0) is 0 Å². The van der Waals surface area contributed by atoms with Crippen LogP contribution >= 0.6 is 0 Å². The molecule has 0 radical (unpaired) electrons. The van der Waals surface area contributed by atoms with Crippen molar-refractivity contribution in [2.45, 2.75) is 65.2 Å². The predicted octanol–water partition coefficient (Wildman–Crippen LogP) is 9.03. The van der Waals surface area contributed by atoms with Crippen molar-refractivity contribution in [1.29, 1.82) is 0 Å². The molecule has 0 spiro atoms. The third-order valence-corrected chi connectivity index (χ3v) is 10.4. The Morgan fingerprint density at radius 3 is 2.54 bits per heavy atom. The van der Waals surface area contributed by atoms with Crippen molar-refractivity contribution in [1.82, 2.24) is 9.80 Å². The van der Waals surface area contributed by atoms with E-state index in [0.717, 1.165) is 63.0 Å². The Balaban J connectivity index is 0.994. The monoisotopic (exact) mass is 552 g/mol. The first-order chi connectivity index (χ1) is 20.0. The average Bonchev–Trinajstić information content (AvgIpc) is 3.72. The van der Waals surface area contributed by atoms with Crippen LogP contribution in [0.4, 0.5) is 4.39 Å². The molecule has 3 heteroatoms. The highest BCUT2D eigenvalue weighted by molar-refractivity contribution is 5.43. The van der Waals surface area contributed by atoms with E-state index in [-0.39, 0.29) is 11.7 Å². The lowest BCUT2D eigenvalue weighted by molar-refractivity contribution is 0.160. The van der Waals surface area contributed by atoms with E-state index in [2.05, 4.69) is 78.0 Å². The van der Waals surface area contributed by atoms with Crippen LogP contribution in [0.25, 0.3) is 0 Å². The number of piperazine rings is 1. The van der Waals surface area contributed by atoms with E-state index < -0.39 is 0 Å². The summed E-state index contributed by atoms with van der Waals surface area (Å²) < 4.78 is 14.1. The number of allylic oxidation sites excluding steroid dienone is 14. The lowest BCUT2D eigenvalue weighted by atomic mass is 9.79. The largest absolute Gasteiger partial charge is 0.372 e. The van der Waals surface area contributed by atoms with Gasteiger partial charge >= 0.3 is 0 Å². The van der Waals surface area contributed by atoms with Gasteiger partial charge in [0.15, 0.2) is 0 Å². The third-order valence-electron chi connectivity index (χ3n) is 10.4. The first-order valence-electron chi connectivity index (χ1n) is 16.3. The number of halogens is 1. The highest BCUT2D eigenvalue weighted by Gasteiger charge is 2.39. The molecule has 218 valence electrons. The van der Waals surface area contributed by atoms with E-state index in [4.69, 9.17) is 0 Å². The molecule has 1 heterocycles. The molecule has 1 saturated heterocycles. The zero-order valence-electron chi connectivity index (χ0n) is 25.3. The van der Waals surface area contributed by atoms with Gasteiger partial charge in [0.05, 0.1) is 0 Å².